The molecule has 0 aliphatic carbocycles. The molecule has 1 atom stereocenters. The zero-order valence-corrected chi connectivity index (χ0v) is 20.2. The average molecular weight is 482 g/mol. The predicted molar refractivity (Wildman–Crippen MR) is 123 cm³/mol. The highest BCUT2D eigenvalue weighted by Crippen LogP contribution is 2.42. The number of benzene rings is 2. The van der Waals surface area contributed by atoms with Gasteiger partial charge < -0.3 is 19.3 Å². The van der Waals surface area contributed by atoms with E-state index in [0.29, 0.717) is 23.0 Å². The first-order valence-electron chi connectivity index (χ1n) is 9.86. The number of hydrogen-bond acceptors (Lipinski definition) is 7. The van der Waals surface area contributed by atoms with Gasteiger partial charge in [-0.1, -0.05) is 12.1 Å². The molecule has 0 radical (unpaired) electrons. The van der Waals surface area contributed by atoms with E-state index >= 15 is 0 Å². The van der Waals surface area contributed by atoms with Crippen LogP contribution in [0, 0.1) is 0 Å². The van der Waals surface area contributed by atoms with Crippen LogP contribution in [0.2, 0.25) is 0 Å². The number of carboxylic acids is 1. The lowest BCUT2D eigenvalue weighted by Crippen LogP contribution is -2.58. The minimum Gasteiger partial charge on any atom is -0.493 e. The van der Waals surface area contributed by atoms with Crippen molar-refractivity contribution < 1.29 is 32.5 Å². The summed E-state index contributed by atoms with van der Waals surface area (Å²) >= 11 is 1.46. The zero-order chi connectivity index (χ0) is 23.7. The monoisotopic (exact) mass is 481 g/mol. The fourth-order valence-corrected chi connectivity index (χ4v) is 6.93. The van der Waals surface area contributed by atoms with Crippen LogP contribution in [-0.2, 0) is 14.8 Å². The molecule has 1 aliphatic rings. The van der Waals surface area contributed by atoms with Crippen molar-refractivity contribution in [3.05, 3.63) is 36.4 Å². The lowest BCUT2D eigenvalue weighted by atomic mass is 10.0. The third-order valence-corrected chi connectivity index (χ3v) is 8.66. The van der Waals surface area contributed by atoms with Crippen LogP contribution in [0.1, 0.15) is 13.8 Å². The number of nitrogens with zero attached hydrogens (tertiary/aromatic N) is 1. The summed E-state index contributed by atoms with van der Waals surface area (Å²) in [7, 11) is 0.569. The second-order valence-corrected chi connectivity index (χ2v) is 11.4. The Labute approximate surface area is 192 Å². The van der Waals surface area contributed by atoms with E-state index in [4.69, 9.17) is 14.2 Å². The molecule has 2 aromatic carbocycles. The number of ether oxygens (including phenoxy) is 3. The Hall–Kier alpha value is -2.43. The van der Waals surface area contributed by atoms with Gasteiger partial charge in [0.2, 0.25) is 15.8 Å². The Kier molecular flexibility index (Phi) is 6.97. The summed E-state index contributed by atoms with van der Waals surface area (Å²) in [5.41, 5.74) is 1.50. The lowest BCUT2D eigenvalue weighted by Gasteiger charge is -2.42. The first-order chi connectivity index (χ1) is 15.1. The fraction of sp³-hybridized carbons (Fsp3) is 0.409. The number of hydrogen-bond donors (Lipinski definition) is 1. The van der Waals surface area contributed by atoms with E-state index in [1.807, 2.05) is 0 Å². The molecule has 2 aromatic rings. The van der Waals surface area contributed by atoms with Crippen LogP contribution in [0.25, 0.3) is 11.1 Å². The van der Waals surface area contributed by atoms with Gasteiger partial charge in [-0.3, -0.25) is 4.79 Å². The van der Waals surface area contributed by atoms with E-state index in [1.54, 1.807) is 38.1 Å². The maximum Gasteiger partial charge on any atom is 0.323 e. The van der Waals surface area contributed by atoms with E-state index in [1.165, 1.54) is 45.2 Å². The molecular weight excluding hydrogens is 454 g/mol. The molecular formula is C22H27NO7S2. The van der Waals surface area contributed by atoms with Crippen molar-refractivity contribution in [2.75, 3.05) is 33.6 Å². The third kappa shape index (κ3) is 4.39. The van der Waals surface area contributed by atoms with Crippen LogP contribution in [0.15, 0.2) is 41.3 Å². The summed E-state index contributed by atoms with van der Waals surface area (Å²) in [6.07, 6.45) is 0. The van der Waals surface area contributed by atoms with Crippen molar-refractivity contribution in [2.24, 2.45) is 0 Å². The molecule has 1 saturated heterocycles. The maximum absolute atomic E-state index is 13.3. The molecule has 8 nitrogen and oxygen atoms in total. The molecule has 32 heavy (non-hydrogen) atoms. The maximum atomic E-state index is 13.3. The summed E-state index contributed by atoms with van der Waals surface area (Å²) in [6.45, 7) is 3.65. The van der Waals surface area contributed by atoms with Gasteiger partial charge in [0.05, 0.1) is 26.2 Å². The highest BCUT2D eigenvalue weighted by atomic mass is 32.2. The quantitative estimate of drug-likeness (QED) is 0.642. The van der Waals surface area contributed by atoms with Crippen molar-refractivity contribution in [1.29, 1.82) is 0 Å². The Morgan fingerprint density at radius 1 is 1.03 bits per heavy atom. The van der Waals surface area contributed by atoms with Crippen molar-refractivity contribution in [3.63, 3.8) is 0 Å². The molecule has 0 saturated carbocycles. The van der Waals surface area contributed by atoms with E-state index in [9.17, 15) is 18.3 Å². The first kappa shape index (κ1) is 24.2. The average Bonchev–Trinajstić information content (AvgIpc) is 2.76. The number of sulfonamides is 1. The van der Waals surface area contributed by atoms with Crippen molar-refractivity contribution in [1.82, 2.24) is 4.31 Å². The standard InChI is InChI=1S/C22H27NO7S2/c1-22(2)20(21(24)25)23(10-11-31-22)32(26,27)16-8-6-14(7-9-16)15-12-17(28-3)19(30-5)18(13-15)29-4/h6-9,12-13,20H,10-11H2,1-5H3,(H,24,25)/t20-/m0/s1. The highest BCUT2D eigenvalue weighted by Gasteiger charge is 2.48. The summed E-state index contributed by atoms with van der Waals surface area (Å²) in [4.78, 5) is 12.0. The molecule has 174 valence electrons. The van der Waals surface area contributed by atoms with Crippen molar-refractivity contribution >= 4 is 27.8 Å². The number of aliphatic carboxylic acids is 1. The molecule has 0 unspecified atom stereocenters. The SMILES string of the molecule is COc1cc(-c2ccc(S(=O)(=O)N3CCSC(C)(C)[C@@H]3C(=O)O)cc2)cc(OC)c1OC. The molecule has 0 bridgehead atoms. The number of carbonyl (C=O) groups is 1. The largest absolute Gasteiger partial charge is 0.493 e. The summed E-state index contributed by atoms with van der Waals surface area (Å²) in [5.74, 6) is 0.800. The van der Waals surface area contributed by atoms with Crippen LogP contribution in [0.4, 0.5) is 0 Å². The van der Waals surface area contributed by atoms with E-state index in [-0.39, 0.29) is 11.4 Å². The Morgan fingerprint density at radius 3 is 2.06 bits per heavy atom. The van der Waals surface area contributed by atoms with Crippen LogP contribution >= 0.6 is 11.8 Å². The normalized spacial score (nSPS) is 18.7. The number of rotatable bonds is 7. The van der Waals surface area contributed by atoms with E-state index in [0.717, 1.165) is 15.4 Å². The van der Waals surface area contributed by atoms with Crippen LogP contribution in [0.5, 0.6) is 17.2 Å². The predicted octanol–water partition coefficient (Wildman–Crippen LogP) is 3.35. The Balaban J connectivity index is 1.99. The van der Waals surface area contributed by atoms with Crippen LogP contribution in [0.3, 0.4) is 0 Å². The molecule has 1 N–H and O–H groups in total. The van der Waals surface area contributed by atoms with Gasteiger partial charge in [0.25, 0.3) is 0 Å². The Bertz CT molecular complexity index is 1070. The second-order valence-electron chi connectivity index (χ2n) is 7.75. The molecule has 0 amide bonds. The van der Waals surface area contributed by atoms with Gasteiger partial charge in [0.1, 0.15) is 6.04 Å². The van der Waals surface area contributed by atoms with Crippen LogP contribution in [-0.4, -0.2) is 68.2 Å². The number of carboxylic acid groups (broad SMARTS) is 1. The summed E-state index contributed by atoms with van der Waals surface area (Å²) < 4.78 is 43.1. The highest BCUT2D eigenvalue weighted by molar-refractivity contribution is 8.00. The molecule has 10 heteroatoms. The van der Waals surface area contributed by atoms with Crippen LogP contribution < -0.4 is 14.2 Å². The number of methoxy groups -OCH3 is 3. The van der Waals surface area contributed by atoms with Crippen molar-refractivity contribution in [2.45, 2.75) is 29.5 Å². The number of thioether (sulfide) groups is 1. The summed E-state index contributed by atoms with van der Waals surface area (Å²) in [5, 5.41) is 9.74. The molecule has 0 aromatic heterocycles. The van der Waals surface area contributed by atoms with Gasteiger partial charge >= 0.3 is 5.97 Å². The molecule has 1 fully saturated rings. The smallest absolute Gasteiger partial charge is 0.323 e. The van der Waals surface area contributed by atoms with E-state index in [2.05, 4.69) is 0 Å². The van der Waals surface area contributed by atoms with Gasteiger partial charge in [0, 0.05) is 17.0 Å². The first-order valence-corrected chi connectivity index (χ1v) is 12.3. The van der Waals surface area contributed by atoms with Gasteiger partial charge in [-0.2, -0.15) is 16.1 Å². The fourth-order valence-electron chi connectivity index (χ4n) is 3.84. The van der Waals surface area contributed by atoms with Gasteiger partial charge in [0.15, 0.2) is 11.5 Å². The molecule has 0 spiro atoms. The zero-order valence-electron chi connectivity index (χ0n) is 18.6. The molecule has 1 aliphatic heterocycles. The van der Waals surface area contributed by atoms with E-state index < -0.39 is 26.8 Å². The van der Waals surface area contributed by atoms with Crippen molar-refractivity contribution in [3.8, 4) is 28.4 Å². The Morgan fingerprint density at radius 2 is 1.59 bits per heavy atom. The topological polar surface area (TPSA) is 102 Å². The summed E-state index contributed by atoms with van der Waals surface area (Å²) in [6, 6.07) is 8.72. The minimum atomic E-state index is -3.99. The minimum absolute atomic E-state index is 0.0441. The van der Waals surface area contributed by atoms with Gasteiger partial charge in [-0.15, -0.1) is 0 Å². The molecule has 1 heterocycles. The molecule has 3 rings (SSSR count). The van der Waals surface area contributed by atoms with Gasteiger partial charge in [-0.25, -0.2) is 8.42 Å². The second kappa shape index (κ2) is 9.21. The third-order valence-electron chi connectivity index (χ3n) is 5.43. The lowest BCUT2D eigenvalue weighted by molar-refractivity contribution is -0.142. The van der Waals surface area contributed by atoms with Gasteiger partial charge in [-0.05, 0) is 49.2 Å².